The van der Waals surface area contributed by atoms with Crippen LogP contribution < -0.4 is 0 Å². The van der Waals surface area contributed by atoms with Gasteiger partial charge in [0.1, 0.15) is 0 Å². The Hall–Kier alpha value is -0.900. The van der Waals surface area contributed by atoms with Crippen LogP contribution in [0.1, 0.15) is 19.3 Å². The fourth-order valence-electron chi connectivity index (χ4n) is 1.97. The van der Waals surface area contributed by atoms with Crippen LogP contribution in [-0.4, -0.2) is 25.2 Å². The van der Waals surface area contributed by atoms with Crippen molar-refractivity contribution < 1.29 is 19.1 Å². The molecule has 0 saturated carbocycles. The number of carbonyl (C=O) groups excluding carboxylic acids is 2. The molecular formula is C9H12O4. The normalized spacial score (nSPS) is 30.6. The summed E-state index contributed by atoms with van der Waals surface area (Å²) in [6, 6.07) is 0. The van der Waals surface area contributed by atoms with Crippen molar-refractivity contribution in [3.05, 3.63) is 0 Å². The zero-order chi connectivity index (χ0) is 9.26. The Morgan fingerprint density at radius 1 is 1.15 bits per heavy atom. The molecule has 72 valence electrons. The van der Waals surface area contributed by atoms with E-state index in [1.54, 1.807) is 0 Å². The maximum Gasteiger partial charge on any atom is 0.317 e. The Morgan fingerprint density at radius 3 is 2.38 bits per heavy atom. The van der Waals surface area contributed by atoms with Crippen molar-refractivity contribution in [3.63, 3.8) is 0 Å². The molecule has 0 unspecified atom stereocenters. The molecule has 2 saturated heterocycles. The largest absolute Gasteiger partial charge is 0.393 e. The summed E-state index contributed by atoms with van der Waals surface area (Å²) < 4.78 is 9.69. The topological polar surface area (TPSA) is 52.6 Å². The van der Waals surface area contributed by atoms with Crippen LogP contribution >= 0.6 is 0 Å². The molecule has 0 bridgehead atoms. The van der Waals surface area contributed by atoms with Gasteiger partial charge in [-0.3, -0.25) is 9.59 Å². The van der Waals surface area contributed by atoms with Gasteiger partial charge in [0.25, 0.3) is 0 Å². The molecule has 0 spiro atoms. The quantitative estimate of drug-likeness (QED) is 0.440. The van der Waals surface area contributed by atoms with Gasteiger partial charge in [0.2, 0.25) is 0 Å². The van der Waals surface area contributed by atoms with E-state index < -0.39 is 0 Å². The van der Waals surface area contributed by atoms with Gasteiger partial charge in [0, 0.05) is 13.2 Å². The molecule has 13 heavy (non-hydrogen) atoms. The number of esters is 2. The molecule has 1 atom stereocenters. The molecule has 2 fully saturated rings. The molecule has 0 aromatic heterocycles. The summed E-state index contributed by atoms with van der Waals surface area (Å²) in [6.45, 7) is 1.39. The van der Waals surface area contributed by atoms with E-state index in [-0.39, 0.29) is 30.2 Å². The van der Waals surface area contributed by atoms with Crippen LogP contribution in [0.25, 0.3) is 0 Å². The van der Waals surface area contributed by atoms with Gasteiger partial charge >= 0.3 is 11.9 Å². The van der Waals surface area contributed by atoms with Crippen molar-refractivity contribution in [3.8, 4) is 0 Å². The predicted molar refractivity (Wildman–Crippen MR) is 42.7 cm³/mol. The monoisotopic (exact) mass is 184 g/mol. The first kappa shape index (κ1) is 8.69. The van der Waals surface area contributed by atoms with Gasteiger partial charge in [-0.1, -0.05) is 0 Å². The van der Waals surface area contributed by atoms with Gasteiger partial charge in [-0.25, -0.2) is 0 Å². The zero-order valence-electron chi connectivity index (χ0n) is 7.32. The van der Waals surface area contributed by atoms with Crippen molar-refractivity contribution >= 4 is 11.9 Å². The minimum absolute atomic E-state index is 0.198. The Labute approximate surface area is 76.2 Å². The fraction of sp³-hybridized carbons (Fsp3) is 0.778. The molecule has 0 aliphatic carbocycles. The summed E-state index contributed by atoms with van der Waals surface area (Å²) in [5, 5.41) is 0. The molecule has 0 aromatic rings. The number of hydrogen-bond acceptors (Lipinski definition) is 4. The highest BCUT2D eigenvalue weighted by molar-refractivity contribution is 5.94. The number of rotatable bonds is 1. The molecule has 4 heteroatoms. The molecule has 0 amide bonds. The van der Waals surface area contributed by atoms with Crippen LogP contribution in [0.15, 0.2) is 0 Å². The molecule has 2 aliphatic heterocycles. The van der Waals surface area contributed by atoms with Crippen molar-refractivity contribution in [1.82, 2.24) is 0 Å². The van der Waals surface area contributed by atoms with E-state index in [4.69, 9.17) is 4.74 Å². The molecule has 0 aromatic carbocycles. The molecule has 0 N–H and O–H groups in total. The van der Waals surface area contributed by atoms with E-state index in [0.29, 0.717) is 13.2 Å². The minimum Gasteiger partial charge on any atom is -0.393 e. The van der Waals surface area contributed by atoms with Gasteiger partial charge in [-0.15, -0.1) is 0 Å². The first-order chi connectivity index (χ1) is 6.27. The zero-order valence-corrected chi connectivity index (χ0v) is 7.32. The maximum atomic E-state index is 11.2. The SMILES string of the molecule is O=C1C[C@@H](C2CCOCC2)C(=O)O1. The van der Waals surface area contributed by atoms with Crippen LogP contribution in [0, 0.1) is 11.8 Å². The van der Waals surface area contributed by atoms with Gasteiger partial charge in [0.05, 0.1) is 12.3 Å². The third-order valence-corrected chi connectivity index (χ3v) is 2.74. The minimum atomic E-state index is -0.374. The van der Waals surface area contributed by atoms with E-state index >= 15 is 0 Å². The lowest BCUT2D eigenvalue weighted by Crippen LogP contribution is -2.26. The van der Waals surface area contributed by atoms with Crippen molar-refractivity contribution in [2.75, 3.05) is 13.2 Å². The van der Waals surface area contributed by atoms with Gasteiger partial charge in [-0.05, 0) is 18.8 Å². The van der Waals surface area contributed by atoms with Gasteiger partial charge in [-0.2, -0.15) is 0 Å². The first-order valence-electron chi connectivity index (χ1n) is 4.59. The fourth-order valence-corrected chi connectivity index (χ4v) is 1.97. The molecule has 4 nitrogen and oxygen atoms in total. The third-order valence-electron chi connectivity index (χ3n) is 2.74. The molecule has 2 rings (SSSR count). The third kappa shape index (κ3) is 1.72. The van der Waals surface area contributed by atoms with Crippen molar-refractivity contribution in [1.29, 1.82) is 0 Å². The van der Waals surface area contributed by atoms with E-state index in [1.165, 1.54) is 0 Å². The van der Waals surface area contributed by atoms with Crippen LogP contribution in [0.5, 0.6) is 0 Å². The summed E-state index contributed by atoms with van der Waals surface area (Å²) in [5.41, 5.74) is 0. The summed E-state index contributed by atoms with van der Waals surface area (Å²) in [5.74, 6) is -0.623. The lowest BCUT2D eigenvalue weighted by atomic mass is 9.85. The predicted octanol–water partition coefficient (Wildman–Crippen LogP) is 0.503. The maximum absolute atomic E-state index is 11.2. The highest BCUT2D eigenvalue weighted by atomic mass is 16.6. The van der Waals surface area contributed by atoms with E-state index in [0.717, 1.165) is 12.8 Å². The number of ether oxygens (including phenoxy) is 2. The summed E-state index contributed by atoms with van der Waals surface area (Å²) in [7, 11) is 0. The average Bonchev–Trinajstić information content (AvgIpc) is 2.47. The Morgan fingerprint density at radius 2 is 1.85 bits per heavy atom. The number of cyclic esters (lactones) is 2. The Bertz CT molecular complexity index is 230. The Balaban J connectivity index is 1.99. The van der Waals surface area contributed by atoms with E-state index in [2.05, 4.69) is 4.74 Å². The summed E-state index contributed by atoms with van der Waals surface area (Å²) in [6.07, 6.45) is 2.00. The Kier molecular flexibility index (Phi) is 2.31. The smallest absolute Gasteiger partial charge is 0.317 e. The highest BCUT2D eigenvalue weighted by Crippen LogP contribution is 2.31. The summed E-state index contributed by atoms with van der Waals surface area (Å²) in [4.78, 5) is 22.0. The lowest BCUT2D eigenvalue weighted by molar-refractivity contribution is -0.153. The summed E-state index contributed by atoms with van der Waals surface area (Å²) >= 11 is 0. The molecule has 2 aliphatic rings. The standard InChI is InChI=1S/C9H12O4/c10-8-5-7(9(11)13-8)6-1-3-12-4-2-6/h6-7H,1-5H2/t7-/m0/s1. The second kappa shape index (κ2) is 3.46. The second-order valence-corrected chi connectivity index (χ2v) is 3.55. The molecule has 2 heterocycles. The van der Waals surface area contributed by atoms with Crippen molar-refractivity contribution in [2.45, 2.75) is 19.3 Å². The van der Waals surface area contributed by atoms with Crippen LogP contribution in [-0.2, 0) is 19.1 Å². The lowest BCUT2D eigenvalue weighted by Gasteiger charge is -2.24. The van der Waals surface area contributed by atoms with Crippen molar-refractivity contribution in [2.24, 2.45) is 11.8 Å². The van der Waals surface area contributed by atoms with Crippen LogP contribution in [0.2, 0.25) is 0 Å². The molecule has 0 radical (unpaired) electrons. The highest BCUT2D eigenvalue weighted by Gasteiger charge is 2.39. The average molecular weight is 184 g/mol. The number of hydrogen-bond donors (Lipinski definition) is 0. The van der Waals surface area contributed by atoms with Crippen LogP contribution in [0.3, 0.4) is 0 Å². The van der Waals surface area contributed by atoms with E-state index in [9.17, 15) is 9.59 Å². The second-order valence-electron chi connectivity index (χ2n) is 3.55. The first-order valence-corrected chi connectivity index (χ1v) is 4.59. The van der Waals surface area contributed by atoms with Crippen LogP contribution in [0.4, 0.5) is 0 Å². The number of carbonyl (C=O) groups is 2. The van der Waals surface area contributed by atoms with Gasteiger partial charge < -0.3 is 9.47 Å². The van der Waals surface area contributed by atoms with Gasteiger partial charge in [0.15, 0.2) is 0 Å². The van der Waals surface area contributed by atoms with E-state index in [1.807, 2.05) is 0 Å². The molecular weight excluding hydrogens is 172 g/mol.